The Morgan fingerprint density at radius 2 is 1.90 bits per heavy atom. The smallest absolute Gasteiger partial charge is 0.247 e. The number of benzene rings is 2. The minimum absolute atomic E-state index is 0.0961. The van der Waals surface area contributed by atoms with Crippen molar-refractivity contribution in [2.75, 3.05) is 14.2 Å². The fourth-order valence-electron chi connectivity index (χ4n) is 4.33. The topological polar surface area (TPSA) is 112 Å². The molecule has 200 valence electrons. The molecule has 3 heterocycles. The SMILES string of the molecule is COc1ccc([C@H](C(=O)NCc2ccco2)N(Cc2cccs2)C(=O)Cn2nnc3ccccc32)cc1OC. The van der Waals surface area contributed by atoms with Gasteiger partial charge in [-0.1, -0.05) is 29.5 Å². The number of nitrogens with zero attached hydrogens (tertiary/aromatic N) is 4. The first kappa shape index (κ1) is 26.0. The van der Waals surface area contributed by atoms with E-state index in [9.17, 15) is 9.59 Å². The molecule has 2 amide bonds. The molecule has 5 aromatic rings. The Labute approximate surface area is 228 Å². The number of nitrogens with one attached hydrogen (secondary N) is 1. The maximum absolute atomic E-state index is 14.0. The number of rotatable bonds is 11. The molecule has 0 saturated carbocycles. The van der Waals surface area contributed by atoms with Crippen molar-refractivity contribution < 1.29 is 23.5 Å². The summed E-state index contributed by atoms with van der Waals surface area (Å²) in [5, 5.41) is 13.2. The Balaban J connectivity index is 1.53. The first-order chi connectivity index (χ1) is 19.1. The number of hydrogen-bond acceptors (Lipinski definition) is 8. The summed E-state index contributed by atoms with van der Waals surface area (Å²) in [6.45, 7) is 0.293. The third-order valence-corrected chi connectivity index (χ3v) is 7.09. The summed E-state index contributed by atoms with van der Waals surface area (Å²) in [6.07, 6.45) is 1.54. The van der Waals surface area contributed by atoms with Crippen LogP contribution in [0.25, 0.3) is 11.0 Å². The van der Waals surface area contributed by atoms with Gasteiger partial charge in [0, 0.05) is 4.88 Å². The van der Waals surface area contributed by atoms with Crippen LogP contribution in [0.1, 0.15) is 22.2 Å². The van der Waals surface area contributed by atoms with Gasteiger partial charge in [0.15, 0.2) is 11.5 Å². The van der Waals surface area contributed by atoms with Gasteiger partial charge in [-0.25, -0.2) is 4.68 Å². The molecule has 0 aliphatic carbocycles. The maximum atomic E-state index is 14.0. The Bertz CT molecular complexity index is 1550. The van der Waals surface area contributed by atoms with Crippen molar-refractivity contribution in [3.8, 4) is 11.5 Å². The van der Waals surface area contributed by atoms with Gasteiger partial charge in [0.05, 0.1) is 39.1 Å². The van der Waals surface area contributed by atoms with Crippen molar-refractivity contribution in [2.45, 2.75) is 25.7 Å². The molecule has 0 aliphatic rings. The van der Waals surface area contributed by atoms with E-state index < -0.39 is 6.04 Å². The summed E-state index contributed by atoms with van der Waals surface area (Å²) in [7, 11) is 3.07. The van der Waals surface area contributed by atoms with E-state index in [0.29, 0.717) is 28.3 Å². The van der Waals surface area contributed by atoms with E-state index in [1.165, 1.54) is 18.4 Å². The molecule has 0 radical (unpaired) electrons. The summed E-state index contributed by atoms with van der Waals surface area (Å²) >= 11 is 1.51. The molecular weight excluding hydrogens is 518 g/mol. The highest BCUT2D eigenvalue weighted by molar-refractivity contribution is 7.09. The lowest BCUT2D eigenvalue weighted by molar-refractivity contribution is -0.142. The number of hydrogen-bond donors (Lipinski definition) is 1. The van der Waals surface area contributed by atoms with Crippen molar-refractivity contribution >= 4 is 34.2 Å². The molecule has 39 heavy (non-hydrogen) atoms. The van der Waals surface area contributed by atoms with Crippen LogP contribution in [0.4, 0.5) is 0 Å². The number of furan rings is 1. The Morgan fingerprint density at radius 3 is 2.64 bits per heavy atom. The van der Waals surface area contributed by atoms with Crippen molar-refractivity contribution in [1.29, 1.82) is 0 Å². The molecule has 0 fully saturated rings. The summed E-state index contributed by atoms with van der Waals surface area (Å²) in [4.78, 5) is 30.3. The molecule has 3 aromatic heterocycles. The predicted molar refractivity (Wildman–Crippen MR) is 145 cm³/mol. The van der Waals surface area contributed by atoms with Crippen LogP contribution in [0.3, 0.4) is 0 Å². The number of aromatic nitrogens is 3. The third kappa shape index (κ3) is 5.78. The summed E-state index contributed by atoms with van der Waals surface area (Å²) in [5.41, 5.74) is 1.98. The molecule has 1 N–H and O–H groups in total. The number of carbonyl (C=O) groups excluding carboxylic acids is 2. The van der Waals surface area contributed by atoms with E-state index in [4.69, 9.17) is 13.9 Å². The van der Waals surface area contributed by atoms with E-state index in [-0.39, 0.29) is 31.4 Å². The molecule has 1 atom stereocenters. The van der Waals surface area contributed by atoms with Gasteiger partial charge in [-0.3, -0.25) is 9.59 Å². The van der Waals surface area contributed by atoms with E-state index in [1.54, 1.807) is 53.3 Å². The van der Waals surface area contributed by atoms with Crippen LogP contribution in [0.5, 0.6) is 11.5 Å². The average Bonchev–Trinajstić information content (AvgIpc) is 3.75. The van der Waals surface area contributed by atoms with Crippen molar-refractivity contribution in [1.82, 2.24) is 25.2 Å². The molecule has 11 heteroatoms. The van der Waals surface area contributed by atoms with Crippen LogP contribution in [0.2, 0.25) is 0 Å². The Morgan fingerprint density at radius 1 is 1.05 bits per heavy atom. The molecule has 10 nitrogen and oxygen atoms in total. The number of carbonyl (C=O) groups is 2. The zero-order chi connectivity index (χ0) is 27.2. The second kappa shape index (κ2) is 11.8. The molecular formula is C28H27N5O5S. The lowest BCUT2D eigenvalue weighted by Gasteiger charge is -2.31. The van der Waals surface area contributed by atoms with Gasteiger partial charge in [0.1, 0.15) is 23.9 Å². The van der Waals surface area contributed by atoms with Gasteiger partial charge in [-0.15, -0.1) is 16.4 Å². The van der Waals surface area contributed by atoms with Gasteiger partial charge in [-0.2, -0.15) is 0 Å². The maximum Gasteiger partial charge on any atom is 0.247 e. The minimum atomic E-state index is -0.982. The molecule has 0 aliphatic heterocycles. The zero-order valence-electron chi connectivity index (χ0n) is 21.4. The summed E-state index contributed by atoms with van der Waals surface area (Å²) < 4.78 is 17.8. The van der Waals surface area contributed by atoms with Gasteiger partial charge in [0.25, 0.3) is 0 Å². The highest BCUT2D eigenvalue weighted by Gasteiger charge is 2.33. The van der Waals surface area contributed by atoms with Crippen molar-refractivity contribution in [3.05, 3.63) is 94.6 Å². The number of amides is 2. The van der Waals surface area contributed by atoms with Crippen LogP contribution in [-0.4, -0.2) is 45.9 Å². The molecule has 0 spiro atoms. The van der Waals surface area contributed by atoms with E-state index in [1.807, 2.05) is 41.8 Å². The first-order valence-corrected chi connectivity index (χ1v) is 13.1. The third-order valence-electron chi connectivity index (χ3n) is 6.23. The van der Waals surface area contributed by atoms with E-state index in [2.05, 4.69) is 15.6 Å². The first-order valence-electron chi connectivity index (χ1n) is 12.2. The van der Waals surface area contributed by atoms with Gasteiger partial charge < -0.3 is 24.1 Å². The minimum Gasteiger partial charge on any atom is -0.493 e. The molecule has 2 aromatic carbocycles. The second-order valence-corrected chi connectivity index (χ2v) is 9.68. The lowest BCUT2D eigenvalue weighted by atomic mass is 10.0. The Kier molecular flexibility index (Phi) is 7.88. The van der Waals surface area contributed by atoms with Crippen LogP contribution in [-0.2, 0) is 29.2 Å². The number of ether oxygens (including phenoxy) is 2. The van der Waals surface area contributed by atoms with Crippen molar-refractivity contribution in [2.24, 2.45) is 0 Å². The second-order valence-electron chi connectivity index (χ2n) is 8.65. The molecule has 0 unspecified atom stereocenters. The summed E-state index contributed by atoms with van der Waals surface area (Å²) in [5.74, 6) is 0.893. The van der Waals surface area contributed by atoms with Crippen molar-refractivity contribution in [3.63, 3.8) is 0 Å². The highest BCUT2D eigenvalue weighted by Crippen LogP contribution is 2.33. The number of thiophene rings is 1. The zero-order valence-corrected chi connectivity index (χ0v) is 22.3. The largest absolute Gasteiger partial charge is 0.493 e. The van der Waals surface area contributed by atoms with Gasteiger partial charge in [-0.05, 0) is 53.4 Å². The molecule has 0 bridgehead atoms. The number of para-hydroxylation sites is 1. The average molecular weight is 546 g/mol. The highest BCUT2D eigenvalue weighted by atomic mass is 32.1. The molecule has 0 saturated heterocycles. The fourth-order valence-corrected chi connectivity index (χ4v) is 5.03. The van der Waals surface area contributed by atoms with Gasteiger partial charge in [0.2, 0.25) is 11.8 Å². The Hall–Kier alpha value is -4.64. The number of fused-ring (bicyclic) bond motifs is 1. The van der Waals surface area contributed by atoms with Gasteiger partial charge >= 0.3 is 0 Å². The van der Waals surface area contributed by atoms with Crippen LogP contribution >= 0.6 is 11.3 Å². The van der Waals surface area contributed by atoms with E-state index >= 15 is 0 Å². The quantitative estimate of drug-likeness (QED) is 0.265. The van der Waals surface area contributed by atoms with Crippen LogP contribution < -0.4 is 14.8 Å². The molecule has 5 rings (SSSR count). The normalized spacial score (nSPS) is 11.7. The lowest BCUT2D eigenvalue weighted by Crippen LogP contribution is -2.44. The fraction of sp³-hybridized carbons (Fsp3) is 0.214. The summed E-state index contributed by atoms with van der Waals surface area (Å²) in [6, 6.07) is 19.0. The van der Waals surface area contributed by atoms with Crippen LogP contribution in [0, 0.1) is 0 Å². The predicted octanol–water partition coefficient (Wildman–Crippen LogP) is 4.19. The van der Waals surface area contributed by atoms with Crippen LogP contribution in [0.15, 0.2) is 82.8 Å². The monoisotopic (exact) mass is 545 g/mol. The van der Waals surface area contributed by atoms with E-state index in [0.717, 1.165) is 10.4 Å². The standard InChI is InChI=1S/C28H27N5O5S/c1-36-24-12-11-19(15-25(24)37-2)27(28(35)29-16-20-7-5-13-38-20)32(17-21-8-6-14-39-21)26(34)18-33-23-10-4-3-9-22(23)30-31-33/h3-15,27H,16-18H2,1-2H3,(H,29,35)/t27-/m1/s1. The number of methoxy groups -OCH3 is 2.